The maximum atomic E-state index is 10.6. The molecule has 0 bridgehead atoms. The number of aromatic nitrogens is 3. The van der Waals surface area contributed by atoms with Crippen LogP contribution in [0.15, 0.2) is 36.9 Å². The van der Waals surface area contributed by atoms with Crippen molar-refractivity contribution in [2.75, 3.05) is 7.11 Å². The zero-order valence-corrected chi connectivity index (χ0v) is 14.0. The van der Waals surface area contributed by atoms with E-state index < -0.39 is 6.10 Å². The van der Waals surface area contributed by atoms with E-state index in [1.54, 1.807) is 11.0 Å². The van der Waals surface area contributed by atoms with Crippen LogP contribution in [0, 0.1) is 5.41 Å². The predicted molar refractivity (Wildman–Crippen MR) is 89.2 cm³/mol. The maximum absolute atomic E-state index is 10.6. The van der Waals surface area contributed by atoms with E-state index in [1.165, 1.54) is 6.33 Å². The molecule has 0 amide bonds. The lowest BCUT2D eigenvalue weighted by Gasteiger charge is -2.27. The Hall–Kier alpha value is -1.69. The fourth-order valence-electron chi connectivity index (χ4n) is 1.79. The molecule has 1 atom stereocenters. The normalized spacial score (nSPS) is 13.3. The van der Waals surface area contributed by atoms with Crippen LogP contribution in [0.4, 0.5) is 0 Å². The summed E-state index contributed by atoms with van der Waals surface area (Å²) in [6.45, 7) is 5.93. The Kier molecular flexibility index (Phi) is 6.74. The standard InChI is InChI=1S/C15H18ClN3O.CH4O/c1-15(2,3)14(20)13(19-10-17-9-18-19)8-11-4-6-12(16)7-5-11;1-2/h4-10,14,20H,1-3H3;2H,1H3/b13-8+;. The lowest BCUT2D eigenvalue weighted by molar-refractivity contribution is 0.109. The molecule has 0 saturated heterocycles. The molecule has 6 heteroatoms. The largest absolute Gasteiger partial charge is 0.400 e. The molecule has 0 radical (unpaired) electrons. The molecule has 1 unspecified atom stereocenters. The third-order valence-corrected chi connectivity index (χ3v) is 3.22. The second-order valence-electron chi connectivity index (χ2n) is 5.73. The first-order chi connectivity index (χ1) is 10.4. The van der Waals surface area contributed by atoms with Gasteiger partial charge < -0.3 is 10.2 Å². The highest BCUT2D eigenvalue weighted by Crippen LogP contribution is 2.28. The Morgan fingerprint density at radius 1 is 1.23 bits per heavy atom. The van der Waals surface area contributed by atoms with Gasteiger partial charge in [0, 0.05) is 12.1 Å². The molecule has 2 N–H and O–H groups in total. The Morgan fingerprint density at radius 2 is 1.82 bits per heavy atom. The SMILES string of the molecule is CC(C)(C)C(O)/C(=C\c1ccc(Cl)cc1)n1cncn1.CO. The highest BCUT2D eigenvalue weighted by molar-refractivity contribution is 6.30. The summed E-state index contributed by atoms with van der Waals surface area (Å²) >= 11 is 5.89. The van der Waals surface area contributed by atoms with Crippen LogP contribution in [0.2, 0.25) is 5.02 Å². The van der Waals surface area contributed by atoms with Crippen molar-refractivity contribution in [3.05, 3.63) is 47.5 Å². The average molecular weight is 324 g/mol. The third-order valence-electron chi connectivity index (χ3n) is 2.97. The first-order valence-corrected chi connectivity index (χ1v) is 7.20. The molecule has 0 aliphatic rings. The molecule has 5 nitrogen and oxygen atoms in total. The second kappa shape index (κ2) is 8.08. The first kappa shape index (κ1) is 18.4. The average Bonchev–Trinajstić information content (AvgIpc) is 3.01. The van der Waals surface area contributed by atoms with Gasteiger partial charge in [0.25, 0.3) is 0 Å². The van der Waals surface area contributed by atoms with Crippen molar-refractivity contribution < 1.29 is 10.2 Å². The summed E-state index contributed by atoms with van der Waals surface area (Å²) in [6, 6.07) is 7.43. The van der Waals surface area contributed by atoms with Crippen LogP contribution in [-0.2, 0) is 0 Å². The monoisotopic (exact) mass is 323 g/mol. The summed E-state index contributed by atoms with van der Waals surface area (Å²) in [7, 11) is 1.00. The third kappa shape index (κ3) is 4.94. The van der Waals surface area contributed by atoms with Gasteiger partial charge in [0.2, 0.25) is 0 Å². The second-order valence-corrected chi connectivity index (χ2v) is 6.17. The fourth-order valence-corrected chi connectivity index (χ4v) is 1.91. The van der Waals surface area contributed by atoms with E-state index in [0.717, 1.165) is 12.7 Å². The van der Waals surface area contributed by atoms with Crippen LogP contribution in [0.25, 0.3) is 11.8 Å². The molecule has 1 aromatic carbocycles. The van der Waals surface area contributed by atoms with E-state index in [4.69, 9.17) is 16.7 Å². The number of aliphatic hydroxyl groups excluding tert-OH is 2. The summed E-state index contributed by atoms with van der Waals surface area (Å²) in [6.07, 6.45) is 4.25. The molecule has 0 aliphatic carbocycles. The number of rotatable bonds is 3. The molecule has 120 valence electrons. The lowest BCUT2D eigenvalue weighted by atomic mass is 9.86. The quantitative estimate of drug-likeness (QED) is 0.911. The minimum absolute atomic E-state index is 0.301. The van der Waals surface area contributed by atoms with Gasteiger partial charge in [-0.15, -0.1) is 0 Å². The van der Waals surface area contributed by atoms with Gasteiger partial charge in [-0.3, -0.25) is 0 Å². The number of aliphatic hydroxyl groups is 2. The van der Waals surface area contributed by atoms with Crippen molar-refractivity contribution in [2.45, 2.75) is 26.9 Å². The Labute approximate surface area is 135 Å². The van der Waals surface area contributed by atoms with Crippen LogP contribution < -0.4 is 0 Å². The highest BCUT2D eigenvalue weighted by Gasteiger charge is 2.27. The molecule has 22 heavy (non-hydrogen) atoms. The van der Waals surface area contributed by atoms with Gasteiger partial charge in [0.15, 0.2) is 0 Å². The molecule has 0 saturated carbocycles. The zero-order valence-electron chi connectivity index (χ0n) is 13.2. The minimum Gasteiger partial charge on any atom is -0.400 e. The summed E-state index contributed by atoms with van der Waals surface area (Å²) in [5.74, 6) is 0. The highest BCUT2D eigenvalue weighted by atomic mass is 35.5. The molecule has 0 fully saturated rings. The van der Waals surface area contributed by atoms with Crippen molar-refractivity contribution in [1.29, 1.82) is 0 Å². The van der Waals surface area contributed by atoms with Crippen molar-refractivity contribution >= 4 is 23.4 Å². The van der Waals surface area contributed by atoms with Gasteiger partial charge in [0.05, 0.1) is 5.70 Å². The number of benzene rings is 1. The lowest BCUT2D eigenvalue weighted by Crippen LogP contribution is -2.29. The molecular formula is C16H22ClN3O2. The molecule has 1 aromatic heterocycles. The van der Waals surface area contributed by atoms with Gasteiger partial charge in [0.1, 0.15) is 18.8 Å². The zero-order chi connectivity index (χ0) is 16.8. The molecule has 1 heterocycles. The molecule has 0 spiro atoms. The predicted octanol–water partition coefficient (Wildman–Crippen LogP) is 2.95. The Morgan fingerprint density at radius 3 is 2.27 bits per heavy atom. The summed E-state index contributed by atoms with van der Waals surface area (Å²) in [4.78, 5) is 3.94. The molecule has 2 rings (SSSR count). The van der Waals surface area contributed by atoms with Gasteiger partial charge in [-0.05, 0) is 29.2 Å². The Bertz CT molecular complexity index is 587. The van der Waals surface area contributed by atoms with Gasteiger partial charge in [-0.2, -0.15) is 5.10 Å². The van der Waals surface area contributed by atoms with Crippen molar-refractivity contribution in [3.8, 4) is 0 Å². The smallest absolute Gasteiger partial charge is 0.138 e. The topological polar surface area (TPSA) is 71.2 Å². The fraction of sp³-hybridized carbons (Fsp3) is 0.375. The maximum Gasteiger partial charge on any atom is 0.138 e. The first-order valence-electron chi connectivity index (χ1n) is 6.83. The van der Waals surface area contributed by atoms with E-state index >= 15 is 0 Å². The summed E-state index contributed by atoms with van der Waals surface area (Å²) in [5.41, 5.74) is 1.32. The van der Waals surface area contributed by atoms with Crippen LogP contribution in [0.1, 0.15) is 26.3 Å². The number of halogens is 1. The number of hydrogen-bond acceptors (Lipinski definition) is 4. The number of nitrogens with zero attached hydrogens (tertiary/aromatic N) is 3. The van der Waals surface area contributed by atoms with Crippen molar-refractivity contribution in [3.63, 3.8) is 0 Å². The number of hydrogen-bond donors (Lipinski definition) is 2. The van der Waals surface area contributed by atoms with Crippen molar-refractivity contribution in [1.82, 2.24) is 14.8 Å². The van der Waals surface area contributed by atoms with Crippen LogP contribution in [0.5, 0.6) is 0 Å². The van der Waals surface area contributed by atoms with Crippen LogP contribution >= 0.6 is 11.6 Å². The molecular weight excluding hydrogens is 302 g/mol. The summed E-state index contributed by atoms with van der Waals surface area (Å²) in [5, 5.41) is 22.3. The van der Waals surface area contributed by atoms with E-state index in [0.29, 0.717) is 10.7 Å². The van der Waals surface area contributed by atoms with Gasteiger partial charge in [-0.1, -0.05) is 44.5 Å². The Balaban J connectivity index is 0.00000116. The summed E-state index contributed by atoms with van der Waals surface area (Å²) < 4.78 is 1.59. The van der Waals surface area contributed by atoms with E-state index in [1.807, 2.05) is 51.1 Å². The van der Waals surface area contributed by atoms with Crippen molar-refractivity contribution in [2.24, 2.45) is 5.41 Å². The van der Waals surface area contributed by atoms with Gasteiger partial charge in [-0.25, -0.2) is 9.67 Å². The van der Waals surface area contributed by atoms with Crippen LogP contribution in [0.3, 0.4) is 0 Å². The van der Waals surface area contributed by atoms with E-state index in [9.17, 15) is 5.11 Å². The van der Waals surface area contributed by atoms with Gasteiger partial charge >= 0.3 is 0 Å². The van der Waals surface area contributed by atoms with E-state index in [2.05, 4.69) is 10.1 Å². The molecule has 2 aromatic rings. The minimum atomic E-state index is -0.667. The van der Waals surface area contributed by atoms with E-state index in [-0.39, 0.29) is 5.41 Å². The molecule has 0 aliphatic heterocycles. The van der Waals surface area contributed by atoms with Crippen LogP contribution in [-0.4, -0.2) is 38.2 Å².